The second-order valence-electron chi connectivity index (χ2n) is 4.18. The van der Waals surface area contributed by atoms with E-state index in [-0.39, 0.29) is 5.66 Å². The number of nitrogens with one attached hydrogen (secondary N) is 1. The molecule has 1 aliphatic heterocycles. The Bertz CT molecular complexity index is 192. The summed E-state index contributed by atoms with van der Waals surface area (Å²) in [5.41, 5.74) is 1.12. The zero-order chi connectivity index (χ0) is 9.35. The zero-order valence-corrected chi connectivity index (χ0v) is 8.68. The third kappa shape index (κ3) is 1.78. The maximum absolute atomic E-state index is 4.50. The van der Waals surface area contributed by atoms with E-state index in [1.165, 1.54) is 0 Å². The van der Waals surface area contributed by atoms with E-state index >= 15 is 0 Å². The van der Waals surface area contributed by atoms with E-state index in [1.54, 1.807) is 0 Å². The van der Waals surface area contributed by atoms with Crippen LogP contribution in [0.2, 0.25) is 0 Å². The predicted molar refractivity (Wildman–Crippen MR) is 52.2 cm³/mol. The van der Waals surface area contributed by atoms with Gasteiger partial charge in [-0.3, -0.25) is 10.3 Å². The molecule has 3 nitrogen and oxygen atoms in total. The largest absolute Gasteiger partial charge is 0.292 e. The van der Waals surface area contributed by atoms with Gasteiger partial charge in [0.2, 0.25) is 0 Å². The Morgan fingerprint density at radius 2 is 2.08 bits per heavy atom. The zero-order valence-electron chi connectivity index (χ0n) is 8.68. The van der Waals surface area contributed by atoms with Crippen molar-refractivity contribution in [2.24, 2.45) is 5.10 Å². The number of nitrogens with zero attached hydrogens (tertiary/aromatic N) is 2. The topological polar surface area (TPSA) is 27.6 Å². The Morgan fingerprint density at radius 1 is 1.50 bits per heavy atom. The van der Waals surface area contributed by atoms with Crippen LogP contribution in [0.4, 0.5) is 0 Å². The number of hydrogen-bond acceptors (Lipinski definition) is 3. The minimum Gasteiger partial charge on any atom is -0.292 e. The van der Waals surface area contributed by atoms with Gasteiger partial charge < -0.3 is 0 Å². The SMILES string of the molecule is CC(C)=NN1C(C)CNC1(C)C. The van der Waals surface area contributed by atoms with Crippen LogP contribution in [-0.4, -0.2) is 29.0 Å². The number of rotatable bonds is 1. The molecule has 0 radical (unpaired) electrons. The molecule has 12 heavy (non-hydrogen) atoms. The summed E-state index contributed by atoms with van der Waals surface area (Å²) in [4.78, 5) is 0. The van der Waals surface area contributed by atoms with Crippen molar-refractivity contribution in [2.45, 2.75) is 46.3 Å². The van der Waals surface area contributed by atoms with Crippen molar-refractivity contribution >= 4 is 5.71 Å². The van der Waals surface area contributed by atoms with Gasteiger partial charge in [-0.2, -0.15) is 5.10 Å². The van der Waals surface area contributed by atoms with Crippen molar-refractivity contribution in [3.05, 3.63) is 0 Å². The normalized spacial score (nSPS) is 27.4. The van der Waals surface area contributed by atoms with Crippen molar-refractivity contribution in [1.82, 2.24) is 10.3 Å². The van der Waals surface area contributed by atoms with Crippen LogP contribution in [0.5, 0.6) is 0 Å². The maximum Gasteiger partial charge on any atom is 0.102 e. The average Bonchev–Trinajstić information content (AvgIpc) is 2.15. The summed E-state index contributed by atoms with van der Waals surface area (Å²) in [6.07, 6.45) is 0. The van der Waals surface area contributed by atoms with Crippen molar-refractivity contribution < 1.29 is 0 Å². The fraction of sp³-hybridized carbons (Fsp3) is 0.889. The van der Waals surface area contributed by atoms with Crippen LogP contribution in [0.1, 0.15) is 34.6 Å². The molecule has 1 heterocycles. The predicted octanol–water partition coefficient (Wildman–Crippen LogP) is 1.41. The summed E-state index contributed by atoms with van der Waals surface area (Å²) < 4.78 is 0. The molecule has 70 valence electrons. The molecule has 1 aliphatic rings. The molecule has 0 spiro atoms. The summed E-state index contributed by atoms with van der Waals surface area (Å²) in [5, 5.41) is 10.1. The van der Waals surface area contributed by atoms with Gasteiger partial charge in [0, 0.05) is 12.3 Å². The van der Waals surface area contributed by atoms with E-state index in [0.717, 1.165) is 12.3 Å². The molecule has 0 aliphatic carbocycles. The Hall–Kier alpha value is -0.570. The molecular formula is C9H19N3. The summed E-state index contributed by atoms with van der Waals surface area (Å²) in [5.74, 6) is 0. The van der Waals surface area contributed by atoms with Crippen LogP contribution in [0.25, 0.3) is 0 Å². The van der Waals surface area contributed by atoms with Gasteiger partial charge in [0.25, 0.3) is 0 Å². The summed E-state index contributed by atoms with van der Waals surface area (Å²) in [6, 6.07) is 0.495. The minimum atomic E-state index is 0.0106. The molecule has 0 saturated carbocycles. The number of hydrogen-bond donors (Lipinski definition) is 1. The molecule has 0 bridgehead atoms. The van der Waals surface area contributed by atoms with Gasteiger partial charge in [0.05, 0.1) is 6.04 Å². The molecule has 0 aromatic heterocycles. The Labute approximate surface area is 74.8 Å². The van der Waals surface area contributed by atoms with E-state index in [9.17, 15) is 0 Å². The van der Waals surface area contributed by atoms with Crippen LogP contribution >= 0.6 is 0 Å². The molecule has 1 saturated heterocycles. The van der Waals surface area contributed by atoms with Crippen LogP contribution in [0.15, 0.2) is 5.10 Å². The molecule has 1 atom stereocenters. The quantitative estimate of drug-likeness (QED) is 0.601. The molecule has 1 N–H and O–H groups in total. The monoisotopic (exact) mass is 169 g/mol. The molecular weight excluding hydrogens is 150 g/mol. The second kappa shape index (κ2) is 3.05. The maximum atomic E-state index is 4.50. The van der Waals surface area contributed by atoms with Gasteiger partial charge in [0.1, 0.15) is 5.66 Å². The third-order valence-electron chi connectivity index (χ3n) is 2.13. The second-order valence-corrected chi connectivity index (χ2v) is 4.18. The standard InChI is InChI=1S/C9H19N3/c1-7(2)11-12-8(3)6-10-9(12,4)5/h8,10H,6H2,1-5H3. The van der Waals surface area contributed by atoms with Gasteiger partial charge in [-0.05, 0) is 34.6 Å². The molecule has 3 heteroatoms. The van der Waals surface area contributed by atoms with E-state index in [2.05, 4.69) is 36.2 Å². The molecule has 1 rings (SSSR count). The van der Waals surface area contributed by atoms with E-state index in [1.807, 2.05) is 13.8 Å². The first kappa shape index (κ1) is 9.52. The Balaban J connectivity index is 2.78. The first-order chi connectivity index (χ1) is 5.43. The molecule has 0 amide bonds. The minimum absolute atomic E-state index is 0.0106. The molecule has 1 fully saturated rings. The summed E-state index contributed by atoms with van der Waals surface area (Å²) >= 11 is 0. The lowest BCUT2D eigenvalue weighted by Crippen LogP contribution is -2.44. The molecule has 0 aromatic carbocycles. The fourth-order valence-corrected chi connectivity index (χ4v) is 1.55. The van der Waals surface area contributed by atoms with Crippen molar-refractivity contribution in [3.8, 4) is 0 Å². The highest BCUT2D eigenvalue weighted by molar-refractivity contribution is 5.78. The van der Waals surface area contributed by atoms with Crippen molar-refractivity contribution in [1.29, 1.82) is 0 Å². The molecule has 1 unspecified atom stereocenters. The highest BCUT2D eigenvalue weighted by atomic mass is 15.6. The Morgan fingerprint density at radius 3 is 2.42 bits per heavy atom. The van der Waals surface area contributed by atoms with Crippen LogP contribution in [0, 0.1) is 0 Å². The highest BCUT2D eigenvalue weighted by Gasteiger charge is 2.35. The van der Waals surface area contributed by atoms with Gasteiger partial charge in [0.15, 0.2) is 0 Å². The van der Waals surface area contributed by atoms with Gasteiger partial charge in [-0.25, -0.2) is 0 Å². The third-order valence-corrected chi connectivity index (χ3v) is 2.13. The van der Waals surface area contributed by atoms with E-state index in [4.69, 9.17) is 0 Å². The van der Waals surface area contributed by atoms with E-state index in [0.29, 0.717) is 6.04 Å². The Kier molecular flexibility index (Phi) is 2.42. The lowest BCUT2D eigenvalue weighted by atomic mass is 10.2. The lowest BCUT2D eigenvalue weighted by molar-refractivity contribution is 0.131. The van der Waals surface area contributed by atoms with Gasteiger partial charge >= 0.3 is 0 Å². The summed E-state index contributed by atoms with van der Waals surface area (Å²) in [6.45, 7) is 11.6. The average molecular weight is 169 g/mol. The van der Waals surface area contributed by atoms with Gasteiger partial charge in [-0.1, -0.05) is 0 Å². The van der Waals surface area contributed by atoms with Crippen LogP contribution in [-0.2, 0) is 0 Å². The van der Waals surface area contributed by atoms with Crippen LogP contribution < -0.4 is 5.32 Å². The first-order valence-electron chi connectivity index (χ1n) is 4.49. The molecule has 0 aromatic rings. The lowest BCUT2D eigenvalue weighted by Gasteiger charge is -2.31. The fourth-order valence-electron chi connectivity index (χ4n) is 1.55. The smallest absolute Gasteiger partial charge is 0.102 e. The van der Waals surface area contributed by atoms with Gasteiger partial charge in [-0.15, -0.1) is 0 Å². The van der Waals surface area contributed by atoms with Crippen molar-refractivity contribution in [3.63, 3.8) is 0 Å². The van der Waals surface area contributed by atoms with Crippen LogP contribution in [0.3, 0.4) is 0 Å². The van der Waals surface area contributed by atoms with Crippen molar-refractivity contribution in [2.75, 3.05) is 6.54 Å². The summed E-state index contributed by atoms with van der Waals surface area (Å²) in [7, 11) is 0. The first-order valence-corrected chi connectivity index (χ1v) is 4.49. The number of hydrazone groups is 1. The van der Waals surface area contributed by atoms with E-state index < -0.39 is 0 Å². The highest BCUT2D eigenvalue weighted by Crippen LogP contribution is 2.21.